The van der Waals surface area contributed by atoms with E-state index in [0.717, 1.165) is 25.5 Å². The third-order valence-electron chi connectivity index (χ3n) is 3.48. The molecule has 0 unspecified atom stereocenters. The first-order valence-electron chi connectivity index (χ1n) is 7.47. The van der Waals surface area contributed by atoms with E-state index in [9.17, 15) is 17.4 Å². The van der Waals surface area contributed by atoms with Crippen molar-refractivity contribution in [3.63, 3.8) is 0 Å². The van der Waals surface area contributed by atoms with Crippen LogP contribution >= 0.6 is 0 Å². The molecule has 0 N–H and O–H groups in total. The summed E-state index contributed by atoms with van der Waals surface area (Å²) >= 11 is 0. The van der Waals surface area contributed by atoms with Crippen molar-refractivity contribution in [3.8, 4) is 0 Å². The average molecular weight is 338 g/mol. The van der Waals surface area contributed by atoms with Crippen LogP contribution in [-0.4, -0.2) is 54.3 Å². The van der Waals surface area contributed by atoms with Crippen molar-refractivity contribution >= 4 is 25.7 Å². The van der Waals surface area contributed by atoms with E-state index in [4.69, 9.17) is 0 Å². The fraction of sp³-hybridized carbons (Fsp3) is 0.923. The zero-order chi connectivity index (χ0) is 15.9. The summed E-state index contributed by atoms with van der Waals surface area (Å²) in [5, 5.41) is 0. The number of sulfonamides is 1. The maximum absolute atomic E-state index is 12.2. The molecule has 1 amide bonds. The monoisotopic (exact) mass is 338 g/mol. The van der Waals surface area contributed by atoms with Crippen LogP contribution < -0.4 is 0 Å². The fourth-order valence-electron chi connectivity index (χ4n) is 2.33. The summed E-state index contributed by atoms with van der Waals surface area (Å²) < 4.78 is 37.9. The van der Waals surface area contributed by atoms with Crippen LogP contribution in [0.25, 0.3) is 0 Å². The molecule has 0 aliphatic carbocycles. The van der Waals surface area contributed by atoms with E-state index in [1.54, 1.807) is 4.90 Å². The van der Waals surface area contributed by atoms with Crippen LogP contribution in [0.5, 0.6) is 0 Å². The standard InChI is InChI=1S/C13H26N2O4S2/c1-3-4-5-6-7-8-13(16)15-9-11-21(19,12-10-15)14-20(2,17)18/h3-12H2,1-2H3. The highest BCUT2D eigenvalue weighted by molar-refractivity contribution is 8.03. The number of carbonyl (C=O) groups excluding carboxylic acids is 1. The van der Waals surface area contributed by atoms with Crippen LogP contribution in [-0.2, 0) is 24.5 Å². The quantitative estimate of drug-likeness (QED) is 0.660. The van der Waals surface area contributed by atoms with Crippen LogP contribution in [0.15, 0.2) is 3.77 Å². The van der Waals surface area contributed by atoms with Crippen molar-refractivity contribution in [2.24, 2.45) is 3.77 Å². The molecule has 1 aliphatic rings. The lowest BCUT2D eigenvalue weighted by molar-refractivity contribution is -0.130. The third kappa shape index (κ3) is 7.26. The first-order chi connectivity index (χ1) is 9.76. The van der Waals surface area contributed by atoms with Gasteiger partial charge in [-0.1, -0.05) is 32.6 Å². The van der Waals surface area contributed by atoms with Gasteiger partial charge in [-0.05, 0) is 6.42 Å². The Bertz CT molecular complexity index is 549. The number of carbonyl (C=O) groups is 1. The highest BCUT2D eigenvalue weighted by atomic mass is 32.3. The summed E-state index contributed by atoms with van der Waals surface area (Å²) in [5.41, 5.74) is 0. The molecule has 1 aliphatic heterocycles. The van der Waals surface area contributed by atoms with Gasteiger partial charge in [-0.2, -0.15) is 0 Å². The molecule has 6 nitrogen and oxygen atoms in total. The Morgan fingerprint density at radius 1 is 1.14 bits per heavy atom. The molecule has 0 saturated carbocycles. The summed E-state index contributed by atoms with van der Waals surface area (Å²) in [6.07, 6.45) is 6.96. The first-order valence-corrected chi connectivity index (χ1v) is 11.2. The van der Waals surface area contributed by atoms with E-state index in [2.05, 4.69) is 10.7 Å². The highest BCUT2D eigenvalue weighted by Crippen LogP contribution is 2.12. The molecule has 0 radical (unpaired) electrons. The van der Waals surface area contributed by atoms with Crippen LogP contribution in [0.2, 0.25) is 0 Å². The minimum Gasteiger partial charge on any atom is -0.341 e. The Morgan fingerprint density at radius 2 is 1.71 bits per heavy atom. The zero-order valence-corrected chi connectivity index (χ0v) is 14.5. The van der Waals surface area contributed by atoms with Crippen molar-refractivity contribution in [1.82, 2.24) is 4.90 Å². The van der Waals surface area contributed by atoms with Gasteiger partial charge in [-0.25, -0.2) is 12.6 Å². The van der Waals surface area contributed by atoms with Gasteiger partial charge in [0.15, 0.2) is 0 Å². The Kier molecular flexibility index (Phi) is 7.12. The van der Waals surface area contributed by atoms with Crippen LogP contribution in [0.1, 0.15) is 45.4 Å². The smallest absolute Gasteiger partial charge is 0.257 e. The van der Waals surface area contributed by atoms with Gasteiger partial charge < -0.3 is 4.90 Å². The van der Waals surface area contributed by atoms with Gasteiger partial charge >= 0.3 is 0 Å². The van der Waals surface area contributed by atoms with Gasteiger partial charge in [-0.15, -0.1) is 3.77 Å². The molecule has 0 aromatic carbocycles. The summed E-state index contributed by atoms with van der Waals surface area (Å²) in [6, 6.07) is 0. The number of rotatable bonds is 7. The van der Waals surface area contributed by atoms with E-state index in [0.29, 0.717) is 19.5 Å². The number of hydrogen-bond donors (Lipinski definition) is 0. The van der Waals surface area contributed by atoms with Crippen molar-refractivity contribution in [2.45, 2.75) is 45.4 Å². The number of amides is 1. The molecule has 0 aromatic rings. The number of hydrogen-bond acceptors (Lipinski definition) is 4. The van der Waals surface area contributed by atoms with Gasteiger partial charge in [0.1, 0.15) is 0 Å². The van der Waals surface area contributed by atoms with Crippen molar-refractivity contribution < 1.29 is 17.4 Å². The van der Waals surface area contributed by atoms with Gasteiger partial charge in [0.2, 0.25) is 5.91 Å². The Balaban J connectivity index is 2.41. The number of nitrogens with zero attached hydrogens (tertiary/aromatic N) is 2. The molecule has 8 heteroatoms. The molecule has 124 valence electrons. The SMILES string of the molecule is CCCCCCCC(=O)N1CCS(=O)(=NS(C)(=O)=O)CC1. The predicted molar refractivity (Wildman–Crippen MR) is 85.1 cm³/mol. The van der Waals surface area contributed by atoms with Crippen molar-refractivity contribution in [1.29, 1.82) is 0 Å². The van der Waals surface area contributed by atoms with E-state index in [-0.39, 0.29) is 17.4 Å². The lowest BCUT2D eigenvalue weighted by atomic mass is 10.1. The molecule has 1 rings (SSSR count). The van der Waals surface area contributed by atoms with E-state index < -0.39 is 19.8 Å². The van der Waals surface area contributed by atoms with Gasteiger partial charge in [-0.3, -0.25) is 4.79 Å². The minimum absolute atomic E-state index is 0.0762. The van der Waals surface area contributed by atoms with Crippen LogP contribution in [0.4, 0.5) is 0 Å². The summed E-state index contributed by atoms with van der Waals surface area (Å²) in [4.78, 5) is 13.7. The molecule has 0 atom stereocenters. The Labute approximate surface area is 128 Å². The van der Waals surface area contributed by atoms with Crippen LogP contribution in [0.3, 0.4) is 0 Å². The largest absolute Gasteiger partial charge is 0.341 e. The first kappa shape index (κ1) is 18.4. The van der Waals surface area contributed by atoms with Crippen LogP contribution in [0, 0.1) is 0 Å². The van der Waals surface area contributed by atoms with Gasteiger partial charge in [0, 0.05) is 19.5 Å². The van der Waals surface area contributed by atoms with Crippen molar-refractivity contribution in [2.75, 3.05) is 30.9 Å². The molecule has 0 spiro atoms. The topological polar surface area (TPSA) is 83.9 Å². The minimum atomic E-state index is -3.60. The summed E-state index contributed by atoms with van der Waals surface area (Å²) in [7, 11) is -6.30. The van der Waals surface area contributed by atoms with E-state index >= 15 is 0 Å². The van der Waals surface area contributed by atoms with E-state index in [1.165, 1.54) is 12.8 Å². The zero-order valence-electron chi connectivity index (χ0n) is 12.9. The third-order valence-corrected chi connectivity index (χ3v) is 7.29. The maximum atomic E-state index is 12.2. The lowest BCUT2D eigenvalue weighted by Gasteiger charge is -2.28. The second-order valence-corrected chi connectivity index (χ2v) is 9.96. The Hall–Kier alpha value is -0.630. The molecule has 0 aromatic heterocycles. The van der Waals surface area contributed by atoms with Gasteiger partial charge in [0.25, 0.3) is 10.0 Å². The molecule has 21 heavy (non-hydrogen) atoms. The molecule has 1 fully saturated rings. The summed E-state index contributed by atoms with van der Waals surface area (Å²) in [6.45, 7) is 2.83. The van der Waals surface area contributed by atoms with Gasteiger partial charge in [0.05, 0.1) is 27.5 Å². The molecule has 0 bridgehead atoms. The maximum Gasteiger partial charge on any atom is 0.257 e. The molecular weight excluding hydrogens is 312 g/mol. The fourth-order valence-corrected chi connectivity index (χ4v) is 6.11. The normalized spacial score (nSPS) is 18.5. The highest BCUT2D eigenvalue weighted by Gasteiger charge is 2.25. The molecule has 1 saturated heterocycles. The van der Waals surface area contributed by atoms with Crippen molar-refractivity contribution in [3.05, 3.63) is 0 Å². The Morgan fingerprint density at radius 3 is 2.24 bits per heavy atom. The second-order valence-electron chi connectivity index (χ2n) is 5.53. The average Bonchev–Trinajstić information content (AvgIpc) is 2.36. The lowest BCUT2D eigenvalue weighted by Crippen LogP contribution is -2.43. The molecule has 1 heterocycles. The van der Waals surface area contributed by atoms with E-state index in [1.807, 2.05) is 0 Å². The predicted octanol–water partition coefficient (Wildman–Crippen LogP) is 1.62. The second kappa shape index (κ2) is 8.12. The molecular formula is C13H26N2O4S2. The summed E-state index contributed by atoms with van der Waals surface area (Å²) in [5.74, 6) is 0.385. The number of unbranched alkanes of at least 4 members (excludes halogenated alkanes) is 4.